The van der Waals surface area contributed by atoms with Gasteiger partial charge in [0.15, 0.2) is 0 Å². The van der Waals surface area contributed by atoms with Crippen LogP contribution in [0.25, 0.3) is 11.5 Å². The quantitative estimate of drug-likeness (QED) is 0.638. The molecule has 2 atom stereocenters. The summed E-state index contributed by atoms with van der Waals surface area (Å²) < 4.78 is 5.75. The SMILES string of the molecule is Cc1c(N[C@@H](c2nnc(-c3ccc(Cl)cc3)o2)[C@@H](C)O)ccc(C#N)c1Cl. The second-order valence-corrected chi connectivity index (χ2v) is 6.84. The van der Waals surface area contributed by atoms with Gasteiger partial charge >= 0.3 is 0 Å². The topological polar surface area (TPSA) is 95.0 Å². The summed E-state index contributed by atoms with van der Waals surface area (Å²) in [6.45, 7) is 3.40. The van der Waals surface area contributed by atoms with Crippen molar-refractivity contribution >= 4 is 28.9 Å². The Morgan fingerprint density at radius 2 is 1.85 bits per heavy atom. The number of aromatic nitrogens is 2. The highest BCUT2D eigenvalue weighted by Gasteiger charge is 2.25. The third-order valence-electron chi connectivity index (χ3n) is 4.10. The van der Waals surface area contributed by atoms with Crippen LogP contribution >= 0.6 is 23.2 Å². The first kappa shape index (κ1) is 19.2. The van der Waals surface area contributed by atoms with Crippen molar-refractivity contribution < 1.29 is 9.52 Å². The number of hydrogen-bond donors (Lipinski definition) is 2. The first-order chi connectivity index (χ1) is 12.9. The lowest BCUT2D eigenvalue weighted by Crippen LogP contribution is -2.23. The Hall–Kier alpha value is -2.59. The lowest BCUT2D eigenvalue weighted by atomic mass is 10.1. The van der Waals surface area contributed by atoms with E-state index >= 15 is 0 Å². The van der Waals surface area contributed by atoms with E-state index in [2.05, 4.69) is 15.5 Å². The molecule has 0 saturated heterocycles. The summed E-state index contributed by atoms with van der Waals surface area (Å²) in [7, 11) is 0. The van der Waals surface area contributed by atoms with Gasteiger partial charge in [-0.25, -0.2) is 0 Å². The van der Waals surface area contributed by atoms with Gasteiger partial charge in [0.05, 0.1) is 16.7 Å². The van der Waals surface area contributed by atoms with E-state index in [9.17, 15) is 5.11 Å². The van der Waals surface area contributed by atoms with E-state index in [1.165, 1.54) is 0 Å². The average Bonchev–Trinajstić information content (AvgIpc) is 3.13. The molecule has 2 aromatic carbocycles. The molecule has 1 heterocycles. The Kier molecular flexibility index (Phi) is 5.66. The molecule has 2 N–H and O–H groups in total. The van der Waals surface area contributed by atoms with Gasteiger partial charge in [-0.05, 0) is 55.8 Å². The van der Waals surface area contributed by atoms with Crippen LogP contribution in [-0.2, 0) is 0 Å². The van der Waals surface area contributed by atoms with Gasteiger partial charge in [0, 0.05) is 16.3 Å². The van der Waals surface area contributed by atoms with Gasteiger partial charge in [0.1, 0.15) is 12.1 Å². The minimum atomic E-state index is -0.822. The largest absolute Gasteiger partial charge is 0.418 e. The van der Waals surface area contributed by atoms with Crippen molar-refractivity contribution in [3.63, 3.8) is 0 Å². The van der Waals surface area contributed by atoms with Crippen LogP contribution in [0.4, 0.5) is 5.69 Å². The lowest BCUT2D eigenvalue weighted by Gasteiger charge is -2.21. The maximum absolute atomic E-state index is 10.2. The van der Waals surface area contributed by atoms with E-state index in [0.29, 0.717) is 32.8 Å². The highest BCUT2D eigenvalue weighted by molar-refractivity contribution is 6.32. The van der Waals surface area contributed by atoms with E-state index in [-0.39, 0.29) is 5.89 Å². The zero-order valence-electron chi connectivity index (χ0n) is 14.6. The Morgan fingerprint density at radius 1 is 1.15 bits per heavy atom. The van der Waals surface area contributed by atoms with E-state index in [1.807, 2.05) is 6.07 Å². The molecule has 0 saturated carbocycles. The van der Waals surface area contributed by atoms with Crippen LogP contribution < -0.4 is 5.32 Å². The molecule has 0 fully saturated rings. The highest BCUT2D eigenvalue weighted by Crippen LogP contribution is 2.31. The normalized spacial score (nSPS) is 13.0. The number of rotatable bonds is 5. The lowest BCUT2D eigenvalue weighted by molar-refractivity contribution is 0.159. The first-order valence-electron chi connectivity index (χ1n) is 8.14. The third kappa shape index (κ3) is 4.06. The molecule has 3 aromatic rings. The summed E-state index contributed by atoms with van der Waals surface area (Å²) in [4.78, 5) is 0. The summed E-state index contributed by atoms with van der Waals surface area (Å²) in [5, 5.41) is 31.5. The first-order valence-corrected chi connectivity index (χ1v) is 8.89. The monoisotopic (exact) mass is 402 g/mol. The van der Waals surface area contributed by atoms with E-state index in [1.54, 1.807) is 50.2 Å². The highest BCUT2D eigenvalue weighted by atomic mass is 35.5. The molecule has 0 radical (unpaired) electrons. The van der Waals surface area contributed by atoms with Crippen molar-refractivity contribution in [2.75, 3.05) is 5.32 Å². The predicted molar refractivity (Wildman–Crippen MR) is 104 cm³/mol. The number of anilines is 1. The van der Waals surface area contributed by atoms with E-state index in [0.717, 1.165) is 5.56 Å². The maximum atomic E-state index is 10.2. The molecule has 0 aliphatic heterocycles. The van der Waals surface area contributed by atoms with Crippen LogP contribution in [-0.4, -0.2) is 21.4 Å². The molecule has 0 aliphatic carbocycles. The van der Waals surface area contributed by atoms with Crippen LogP contribution in [0.1, 0.15) is 30.0 Å². The second-order valence-electron chi connectivity index (χ2n) is 6.03. The number of nitriles is 1. The number of nitrogens with zero attached hydrogens (tertiary/aromatic N) is 3. The fraction of sp³-hybridized carbons (Fsp3) is 0.211. The number of halogens is 2. The van der Waals surface area contributed by atoms with Crippen LogP contribution in [0.2, 0.25) is 10.0 Å². The Labute approximate surface area is 166 Å². The van der Waals surface area contributed by atoms with Crippen molar-refractivity contribution in [2.24, 2.45) is 0 Å². The number of aliphatic hydroxyl groups excluding tert-OH is 1. The van der Waals surface area contributed by atoms with Crippen molar-refractivity contribution in [3.8, 4) is 17.5 Å². The Bertz CT molecular complexity index is 994. The zero-order valence-corrected chi connectivity index (χ0v) is 16.1. The van der Waals surface area contributed by atoms with Gasteiger partial charge in [-0.15, -0.1) is 10.2 Å². The van der Waals surface area contributed by atoms with E-state index < -0.39 is 12.1 Å². The van der Waals surface area contributed by atoms with Crippen molar-refractivity contribution in [1.29, 1.82) is 5.26 Å². The number of benzene rings is 2. The van der Waals surface area contributed by atoms with Gasteiger partial charge in [0.25, 0.3) is 0 Å². The molecule has 8 heteroatoms. The maximum Gasteiger partial charge on any atom is 0.247 e. The summed E-state index contributed by atoms with van der Waals surface area (Å²) in [5.41, 5.74) is 2.46. The van der Waals surface area contributed by atoms with Crippen LogP contribution in [0.3, 0.4) is 0 Å². The molecule has 0 amide bonds. The number of nitrogens with one attached hydrogen (secondary N) is 1. The van der Waals surface area contributed by atoms with Gasteiger partial charge in [-0.1, -0.05) is 23.2 Å². The fourth-order valence-corrected chi connectivity index (χ4v) is 2.89. The minimum Gasteiger partial charge on any atom is -0.418 e. The molecule has 0 unspecified atom stereocenters. The number of hydrogen-bond acceptors (Lipinski definition) is 6. The second kappa shape index (κ2) is 7.97. The van der Waals surface area contributed by atoms with Crippen LogP contribution in [0, 0.1) is 18.3 Å². The van der Waals surface area contributed by atoms with Crippen molar-refractivity contribution in [3.05, 3.63) is 63.5 Å². The molecule has 1 aromatic heterocycles. The molecule has 27 heavy (non-hydrogen) atoms. The standard InChI is InChI=1S/C19H16Cl2N4O2/c1-10-15(8-5-13(9-22)16(10)21)23-17(11(2)26)19-25-24-18(27-19)12-3-6-14(20)7-4-12/h3-8,11,17,23,26H,1-2H3/t11-,17-/m1/s1. The molecule has 6 nitrogen and oxygen atoms in total. The van der Waals surface area contributed by atoms with Crippen LogP contribution in [0.15, 0.2) is 40.8 Å². The Balaban J connectivity index is 1.90. The molecule has 138 valence electrons. The van der Waals surface area contributed by atoms with Crippen molar-refractivity contribution in [1.82, 2.24) is 10.2 Å². The van der Waals surface area contributed by atoms with Gasteiger partial charge in [0.2, 0.25) is 11.8 Å². The molecule has 3 rings (SSSR count). The summed E-state index contributed by atoms with van der Waals surface area (Å²) in [6, 6.07) is 11.7. The molecular weight excluding hydrogens is 387 g/mol. The van der Waals surface area contributed by atoms with Gasteiger partial charge < -0.3 is 14.8 Å². The third-order valence-corrected chi connectivity index (χ3v) is 4.84. The van der Waals surface area contributed by atoms with Crippen LogP contribution in [0.5, 0.6) is 0 Å². The van der Waals surface area contributed by atoms with E-state index in [4.69, 9.17) is 32.9 Å². The summed E-state index contributed by atoms with van der Waals surface area (Å²) in [5.74, 6) is 0.554. The Morgan fingerprint density at radius 3 is 2.48 bits per heavy atom. The number of aliphatic hydroxyl groups is 1. The summed E-state index contributed by atoms with van der Waals surface area (Å²) >= 11 is 12.1. The fourth-order valence-electron chi connectivity index (χ4n) is 2.55. The molecule has 0 aliphatic rings. The van der Waals surface area contributed by atoms with Gasteiger partial charge in [-0.3, -0.25) is 0 Å². The molecule has 0 bridgehead atoms. The smallest absolute Gasteiger partial charge is 0.247 e. The van der Waals surface area contributed by atoms with Gasteiger partial charge in [-0.2, -0.15) is 5.26 Å². The van der Waals surface area contributed by atoms with Crippen molar-refractivity contribution in [2.45, 2.75) is 26.0 Å². The minimum absolute atomic E-state index is 0.231. The molecule has 0 spiro atoms. The predicted octanol–water partition coefficient (Wildman–Crippen LogP) is 4.76. The zero-order chi connectivity index (χ0) is 19.6. The summed E-state index contributed by atoms with van der Waals surface area (Å²) in [6.07, 6.45) is -0.822. The molecular formula is C19H16Cl2N4O2. The average molecular weight is 403 g/mol.